The molecule has 2 saturated heterocycles. The average Bonchev–Trinajstić information content (AvgIpc) is 3.30. The Kier molecular flexibility index (Phi) is 7.18. The van der Waals surface area contributed by atoms with E-state index in [0.717, 1.165) is 75.7 Å². The lowest BCUT2D eigenvalue weighted by Crippen LogP contribution is -2.47. The van der Waals surface area contributed by atoms with Crippen LogP contribution in [0.15, 0.2) is 30.0 Å². The minimum absolute atomic E-state index is 0.196. The molecular formula is C24H33N5O3. The molecule has 2 N–H and O–H groups in total. The molecule has 0 aromatic heterocycles. The van der Waals surface area contributed by atoms with E-state index in [1.807, 2.05) is 12.1 Å². The number of carbonyl (C=O) groups is 1. The summed E-state index contributed by atoms with van der Waals surface area (Å²) in [5.74, 6) is 0.630. The van der Waals surface area contributed by atoms with Crippen molar-refractivity contribution in [3.05, 3.63) is 30.0 Å². The molecule has 8 heteroatoms. The fourth-order valence-corrected chi connectivity index (χ4v) is 4.58. The molecule has 3 aliphatic heterocycles. The van der Waals surface area contributed by atoms with Gasteiger partial charge in [-0.05, 0) is 43.0 Å². The number of anilines is 3. The summed E-state index contributed by atoms with van der Waals surface area (Å²) in [4.78, 5) is 19.8. The van der Waals surface area contributed by atoms with E-state index in [-0.39, 0.29) is 18.3 Å². The fraction of sp³-hybridized carbons (Fsp3) is 0.583. The van der Waals surface area contributed by atoms with E-state index >= 15 is 0 Å². The van der Waals surface area contributed by atoms with Gasteiger partial charge >= 0.3 is 0 Å². The Balaban J connectivity index is 1.52. The van der Waals surface area contributed by atoms with Crippen LogP contribution >= 0.6 is 0 Å². The smallest absolute Gasteiger partial charge is 0.290 e. The molecule has 0 aliphatic carbocycles. The monoisotopic (exact) mass is 439 g/mol. The van der Waals surface area contributed by atoms with E-state index in [1.54, 1.807) is 6.08 Å². The molecule has 1 aromatic rings. The summed E-state index contributed by atoms with van der Waals surface area (Å²) in [5, 5.41) is 21.2. The number of nitrogens with zero attached hydrogens (tertiary/aromatic N) is 4. The highest BCUT2D eigenvalue weighted by atomic mass is 16.5. The summed E-state index contributed by atoms with van der Waals surface area (Å²) in [6.45, 7) is 8.83. The first kappa shape index (κ1) is 22.4. The van der Waals surface area contributed by atoms with Gasteiger partial charge in [0.2, 0.25) is 0 Å². The topological polar surface area (TPSA) is 92.1 Å². The van der Waals surface area contributed by atoms with Gasteiger partial charge in [0.25, 0.3) is 5.91 Å². The van der Waals surface area contributed by atoms with Gasteiger partial charge in [-0.1, -0.05) is 6.92 Å². The molecule has 4 rings (SSSR count). The summed E-state index contributed by atoms with van der Waals surface area (Å²) in [6.07, 6.45) is 3.82. The van der Waals surface area contributed by atoms with Crippen molar-refractivity contribution in [1.82, 2.24) is 4.90 Å². The summed E-state index contributed by atoms with van der Waals surface area (Å²) >= 11 is 0. The Bertz CT molecular complexity index is 880. The number of carbonyl (C=O) groups excluding carboxylic acids is 1. The largest absolute Gasteiger partial charge is 0.470 e. The number of nitrogens with one attached hydrogen (secondary N) is 1. The first-order valence-corrected chi connectivity index (χ1v) is 11.6. The Labute approximate surface area is 190 Å². The molecule has 0 radical (unpaired) electrons. The third-order valence-electron chi connectivity index (χ3n) is 6.66. The normalized spacial score (nSPS) is 22.3. The number of piperazine rings is 1. The maximum Gasteiger partial charge on any atom is 0.290 e. The Morgan fingerprint density at radius 2 is 1.94 bits per heavy atom. The first-order valence-electron chi connectivity index (χ1n) is 11.6. The zero-order chi connectivity index (χ0) is 22.5. The van der Waals surface area contributed by atoms with Crippen molar-refractivity contribution in [3.63, 3.8) is 0 Å². The number of aliphatic hydroxyl groups is 1. The van der Waals surface area contributed by atoms with Crippen molar-refractivity contribution in [2.75, 3.05) is 67.5 Å². The molecule has 2 fully saturated rings. The third kappa shape index (κ3) is 5.17. The van der Waals surface area contributed by atoms with Crippen molar-refractivity contribution in [3.8, 4) is 6.07 Å². The summed E-state index contributed by atoms with van der Waals surface area (Å²) in [7, 11) is 0. The van der Waals surface area contributed by atoms with Gasteiger partial charge in [0, 0.05) is 57.9 Å². The Morgan fingerprint density at radius 3 is 2.59 bits per heavy atom. The zero-order valence-corrected chi connectivity index (χ0v) is 18.8. The van der Waals surface area contributed by atoms with Crippen molar-refractivity contribution in [2.24, 2.45) is 5.92 Å². The van der Waals surface area contributed by atoms with Crippen LogP contribution in [0, 0.1) is 17.2 Å². The minimum Gasteiger partial charge on any atom is -0.470 e. The fourth-order valence-electron chi connectivity index (χ4n) is 4.58. The standard InChI is InChI=1S/C24H33N5O3/c1-18-6-8-29(9-7-18)22-16-19(28-12-10-27(11-13-28)14-15-30)2-4-21(22)26-24(31)23-5-3-20(17-25)32-23/h2,4-5,16,18,20,30H,3,6-15H2,1H3,(H,26,31). The van der Waals surface area contributed by atoms with Crippen LogP contribution in [0.4, 0.5) is 17.1 Å². The summed E-state index contributed by atoms with van der Waals surface area (Å²) in [6, 6.07) is 8.29. The number of amides is 1. The van der Waals surface area contributed by atoms with Gasteiger partial charge in [-0.25, -0.2) is 0 Å². The summed E-state index contributed by atoms with van der Waals surface area (Å²) in [5.41, 5.74) is 2.97. The summed E-state index contributed by atoms with van der Waals surface area (Å²) < 4.78 is 5.44. The number of rotatable bonds is 6. The van der Waals surface area contributed by atoms with Crippen molar-refractivity contribution in [2.45, 2.75) is 32.3 Å². The van der Waals surface area contributed by atoms with Crippen molar-refractivity contribution in [1.29, 1.82) is 5.26 Å². The third-order valence-corrected chi connectivity index (χ3v) is 6.66. The van der Waals surface area contributed by atoms with Gasteiger partial charge in [0.15, 0.2) is 11.9 Å². The lowest BCUT2D eigenvalue weighted by Gasteiger charge is -2.37. The lowest BCUT2D eigenvalue weighted by molar-refractivity contribution is -0.116. The van der Waals surface area contributed by atoms with Crippen LogP contribution in [0.1, 0.15) is 26.2 Å². The number of piperidine rings is 1. The molecule has 172 valence electrons. The Hall–Kier alpha value is -2.76. The van der Waals surface area contributed by atoms with Crippen LogP contribution < -0.4 is 15.1 Å². The van der Waals surface area contributed by atoms with E-state index in [0.29, 0.717) is 12.3 Å². The highest BCUT2D eigenvalue weighted by Gasteiger charge is 2.26. The lowest BCUT2D eigenvalue weighted by atomic mass is 9.98. The predicted molar refractivity (Wildman–Crippen MR) is 125 cm³/mol. The van der Waals surface area contributed by atoms with Gasteiger partial charge in [-0.3, -0.25) is 9.69 Å². The number of ether oxygens (including phenoxy) is 1. The van der Waals surface area contributed by atoms with Crippen molar-refractivity contribution < 1.29 is 14.6 Å². The van der Waals surface area contributed by atoms with Crippen LogP contribution in [0.2, 0.25) is 0 Å². The molecule has 3 aliphatic rings. The van der Waals surface area contributed by atoms with E-state index in [2.05, 4.69) is 39.1 Å². The Morgan fingerprint density at radius 1 is 1.19 bits per heavy atom. The minimum atomic E-state index is -0.578. The quantitative estimate of drug-likeness (QED) is 0.702. The molecule has 8 nitrogen and oxygen atoms in total. The highest BCUT2D eigenvalue weighted by Crippen LogP contribution is 2.34. The van der Waals surface area contributed by atoms with Gasteiger partial charge in [0.05, 0.1) is 18.0 Å². The second-order valence-electron chi connectivity index (χ2n) is 8.92. The molecule has 1 unspecified atom stereocenters. The van der Waals surface area contributed by atoms with Gasteiger partial charge < -0.3 is 25.0 Å². The maximum atomic E-state index is 12.8. The molecular weight excluding hydrogens is 406 g/mol. The molecule has 0 saturated carbocycles. The number of aliphatic hydroxyl groups excluding tert-OH is 1. The molecule has 32 heavy (non-hydrogen) atoms. The second kappa shape index (κ2) is 10.2. The van der Waals surface area contributed by atoms with Crippen LogP contribution in [0.5, 0.6) is 0 Å². The zero-order valence-electron chi connectivity index (χ0n) is 18.8. The number of hydrogen-bond acceptors (Lipinski definition) is 7. The SMILES string of the molecule is CC1CCN(c2cc(N3CCN(CCO)CC3)ccc2NC(=O)C2=CCC(C#N)O2)CC1. The van der Waals surface area contributed by atoms with Gasteiger partial charge in [-0.15, -0.1) is 0 Å². The van der Waals surface area contributed by atoms with Gasteiger partial charge in [0.1, 0.15) is 6.07 Å². The number of nitriles is 1. The van der Waals surface area contributed by atoms with Crippen LogP contribution in [-0.2, 0) is 9.53 Å². The predicted octanol–water partition coefficient (Wildman–Crippen LogP) is 2.17. The molecule has 3 heterocycles. The molecule has 1 aromatic carbocycles. The number of hydrogen-bond donors (Lipinski definition) is 2. The van der Waals surface area contributed by atoms with E-state index in [4.69, 9.17) is 10.00 Å². The van der Waals surface area contributed by atoms with Crippen LogP contribution in [0.25, 0.3) is 0 Å². The van der Waals surface area contributed by atoms with E-state index in [1.165, 1.54) is 0 Å². The molecule has 1 amide bonds. The van der Waals surface area contributed by atoms with E-state index in [9.17, 15) is 9.90 Å². The maximum absolute atomic E-state index is 12.8. The van der Waals surface area contributed by atoms with E-state index < -0.39 is 6.10 Å². The molecule has 0 spiro atoms. The molecule has 0 bridgehead atoms. The number of β-amino-alcohol motifs (C(OH)–C–C–N with tert-alkyl or cyclic N) is 1. The second-order valence-corrected chi connectivity index (χ2v) is 8.92. The van der Waals surface area contributed by atoms with Gasteiger partial charge in [-0.2, -0.15) is 5.26 Å². The first-order chi connectivity index (χ1) is 15.6. The average molecular weight is 440 g/mol. The highest BCUT2D eigenvalue weighted by molar-refractivity contribution is 6.04. The molecule has 1 atom stereocenters. The number of benzene rings is 1. The van der Waals surface area contributed by atoms with Crippen LogP contribution in [-0.4, -0.2) is 74.4 Å². The van der Waals surface area contributed by atoms with Crippen molar-refractivity contribution >= 4 is 23.0 Å². The van der Waals surface area contributed by atoms with Crippen LogP contribution in [0.3, 0.4) is 0 Å².